The first kappa shape index (κ1) is 12.7. The van der Waals surface area contributed by atoms with Crippen molar-refractivity contribution in [3.8, 4) is 0 Å². The highest BCUT2D eigenvalue weighted by molar-refractivity contribution is 7.30. The first-order valence-electron chi connectivity index (χ1n) is 2.11. The molecule has 11 heavy (non-hydrogen) atoms. The van der Waals surface area contributed by atoms with Gasteiger partial charge in [0.2, 0.25) is 0 Å². The van der Waals surface area contributed by atoms with Crippen LogP contribution < -0.4 is 0 Å². The van der Waals surface area contributed by atoms with Gasteiger partial charge in [-0.25, -0.2) is 4.79 Å². The van der Waals surface area contributed by atoms with E-state index in [4.69, 9.17) is 19.5 Å². The van der Waals surface area contributed by atoms with Gasteiger partial charge in [0.25, 0.3) is 6.54 Å². The summed E-state index contributed by atoms with van der Waals surface area (Å²) in [4.78, 5) is 32.0. The quantitative estimate of drug-likeness (QED) is 0.277. The lowest BCUT2D eigenvalue weighted by Crippen LogP contribution is -2.11. The molecule has 0 fully saturated rings. The monoisotopic (exact) mass is 187 g/mol. The highest BCUT2D eigenvalue weighted by atomic mass is 31.1. The summed E-state index contributed by atoms with van der Waals surface area (Å²) in [5.74, 6) is -1.41. The molecule has 0 heterocycles. The summed E-state index contributed by atoms with van der Waals surface area (Å²) in [5, 5.41) is 16.9. The maximum absolute atomic E-state index is 9.37. The van der Waals surface area contributed by atoms with Crippen molar-refractivity contribution in [1.29, 1.82) is 0 Å². The molecule has 66 valence electrons. The van der Waals surface area contributed by atoms with Gasteiger partial charge in [-0.1, -0.05) is 0 Å². The molecule has 0 amide bonds. The maximum atomic E-state index is 9.37. The third-order valence-corrected chi connectivity index (χ3v) is 0.264. The highest BCUT2D eigenvalue weighted by Crippen LogP contribution is 1.98. The fourth-order valence-electron chi connectivity index (χ4n) is 0.110. The van der Waals surface area contributed by atoms with Crippen LogP contribution in [0, 0.1) is 10.1 Å². The van der Waals surface area contributed by atoms with Crippen LogP contribution in [0.4, 0.5) is 0 Å². The highest BCUT2D eigenvalue weighted by Gasteiger charge is 2.02. The van der Waals surface area contributed by atoms with E-state index < -0.39 is 25.7 Å². The minimum absolute atomic E-state index is 0.900. The summed E-state index contributed by atoms with van der Waals surface area (Å²) in [7, 11) is -3.13. The van der Waals surface area contributed by atoms with E-state index in [1.165, 1.54) is 0 Å². The lowest BCUT2D eigenvalue weighted by atomic mass is 10.7. The summed E-state index contributed by atoms with van der Waals surface area (Å²) >= 11 is 0. The summed E-state index contributed by atoms with van der Waals surface area (Å²) in [5.41, 5.74) is 0. The Kier molecular flexibility index (Phi) is 8.22. The predicted octanol–water partition coefficient (Wildman–Crippen LogP) is -1.29. The summed E-state index contributed by atoms with van der Waals surface area (Å²) in [6.45, 7) is -1.00. The first-order valence-corrected chi connectivity index (χ1v) is 3.42. The molecule has 0 aliphatic carbocycles. The average molecular weight is 187 g/mol. The van der Waals surface area contributed by atoms with Crippen molar-refractivity contribution in [3.05, 3.63) is 10.1 Å². The van der Waals surface area contributed by atoms with Gasteiger partial charge in [-0.2, -0.15) is 0 Å². The lowest BCUT2D eigenvalue weighted by molar-refractivity contribution is -0.469. The third kappa shape index (κ3) is 48.7. The number of carbonyl (C=O) groups is 1. The SMILES string of the molecule is O=C(O)C[N+](=O)[O-].O=[PH](O)O. The third-order valence-electron chi connectivity index (χ3n) is 0.264. The fourth-order valence-corrected chi connectivity index (χ4v) is 0.110. The van der Waals surface area contributed by atoms with Gasteiger partial charge in [-0.3, -0.25) is 14.7 Å². The number of nitro groups is 1. The van der Waals surface area contributed by atoms with Crippen molar-refractivity contribution in [2.24, 2.45) is 0 Å². The lowest BCUT2D eigenvalue weighted by Gasteiger charge is -1.79. The number of carboxylic acids is 1. The van der Waals surface area contributed by atoms with E-state index in [0.29, 0.717) is 0 Å². The Morgan fingerprint density at radius 2 is 1.82 bits per heavy atom. The van der Waals surface area contributed by atoms with E-state index in [2.05, 4.69) is 0 Å². The zero-order chi connectivity index (χ0) is 9.44. The molecule has 0 saturated heterocycles. The molecule has 0 saturated carbocycles. The van der Waals surface area contributed by atoms with Crippen LogP contribution in [0.5, 0.6) is 0 Å². The van der Waals surface area contributed by atoms with Gasteiger partial charge in [-0.05, 0) is 0 Å². The molecule has 0 unspecified atom stereocenters. The van der Waals surface area contributed by atoms with Crippen molar-refractivity contribution < 1.29 is 29.2 Å². The Morgan fingerprint density at radius 1 is 1.55 bits per heavy atom. The zero-order valence-corrected chi connectivity index (χ0v) is 6.13. The molecule has 0 aliphatic rings. The summed E-state index contributed by atoms with van der Waals surface area (Å²) in [6.07, 6.45) is 0. The first-order chi connectivity index (χ1) is 4.86. The van der Waals surface area contributed by atoms with E-state index >= 15 is 0 Å². The van der Waals surface area contributed by atoms with Gasteiger partial charge in [0, 0.05) is 4.92 Å². The minimum atomic E-state index is -3.13. The van der Waals surface area contributed by atoms with Crippen LogP contribution in [-0.4, -0.2) is 32.3 Å². The number of hydrogen-bond donors (Lipinski definition) is 3. The Morgan fingerprint density at radius 3 is 1.82 bits per heavy atom. The molecular formula is C2H6NO7P. The summed E-state index contributed by atoms with van der Waals surface area (Å²) in [6, 6.07) is 0. The molecule has 0 aliphatic heterocycles. The second-order valence-corrected chi connectivity index (χ2v) is 1.73. The summed E-state index contributed by atoms with van der Waals surface area (Å²) < 4.78 is 8.74. The van der Waals surface area contributed by atoms with Crippen molar-refractivity contribution in [2.45, 2.75) is 0 Å². The van der Waals surface area contributed by atoms with Crippen molar-refractivity contribution in [2.75, 3.05) is 6.54 Å². The van der Waals surface area contributed by atoms with Crippen LogP contribution in [0.2, 0.25) is 0 Å². The van der Waals surface area contributed by atoms with Crippen LogP contribution in [0.1, 0.15) is 0 Å². The van der Waals surface area contributed by atoms with E-state index in [1.54, 1.807) is 0 Å². The normalized spacial score (nSPS) is 8.27. The molecular weight excluding hydrogens is 181 g/mol. The Balaban J connectivity index is 0. The molecule has 3 N–H and O–H groups in total. The van der Waals surface area contributed by atoms with E-state index in [9.17, 15) is 14.9 Å². The molecule has 0 atom stereocenters. The Bertz CT molecular complexity index is 150. The standard InChI is InChI=1S/C2H3NO4.H3O3P/c4-2(5)1-3(6)7;1-4(2)3/h1H2,(H,4,5);4H,(H2,1,2,3). The molecule has 0 aromatic heterocycles. The van der Waals surface area contributed by atoms with Gasteiger partial charge >= 0.3 is 14.2 Å². The molecule has 0 aromatic rings. The van der Waals surface area contributed by atoms with E-state index in [1.807, 2.05) is 0 Å². The average Bonchev–Trinajstić information content (AvgIpc) is 1.56. The molecule has 0 aromatic carbocycles. The Hall–Kier alpha value is -0.980. The van der Waals surface area contributed by atoms with Crippen LogP contribution in [0.15, 0.2) is 0 Å². The Labute approximate surface area is 61.2 Å². The molecule has 0 rings (SSSR count). The second kappa shape index (κ2) is 7.13. The number of aliphatic carboxylic acids is 1. The number of nitrogens with zero attached hydrogens (tertiary/aromatic N) is 1. The number of carboxylic acid groups (broad SMARTS) is 1. The molecule has 0 spiro atoms. The molecule has 0 bridgehead atoms. The van der Waals surface area contributed by atoms with E-state index in [0.717, 1.165) is 0 Å². The second-order valence-electron chi connectivity index (χ2n) is 1.17. The molecule has 8 nitrogen and oxygen atoms in total. The zero-order valence-electron chi connectivity index (χ0n) is 5.13. The minimum Gasteiger partial charge on any atom is -0.476 e. The largest absolute Gasteiger partial charge is 0.476 e. The van der Waals surface area contributed by atoms with Crippen LogP contribution >= 0.6 is 8.25 Å². The van der Waals surface area contributed by atoms with Crippen molar-refractivity contribution >= 4 is 14.2 Å². The van der Waals surface area contributed by atoms with Crippen molar-refractivity contribution in [1.82, 2.24) is 0 Å². The predicted molar refractivity (Wildman–Crippen MR) is 32.9 cm³/mol. The fraction of sp³-hybridized carbons (Fsp3) is 0.500. The van der Waals surface area contributed by atoms with E-state index in [-0.39, 0.29) is 0 Å². The number of rotatable bonds is 2. The van der Waals surface area contributed by atoms with Gasteiger partial charge in [-0.15, -0.1) is 0 Å². The topological polar surface area (TPSA) is 138 Å². The smallest absolute Gasteiger partial charge is 0.376 e. The van der Waals surface area contributed by atoms with Gasteiger partial charge in [0.15, 0.2) is 0 Å². The number of hydrogen-bond acceptors (Lipinski definition) is 4. The van der Waals surface area contributed by atoms with Crippen LogP contribution in [-0.2, 0) is 9.36 Å². The molecule has 0 radical (unpaired) electrons. The van der Waals surface area contributed by atoms with Gasteiger partial charge < -0.3 is 14.9 Å². The van der Waals surface area contributed by atoms with Crippen molar-refractivity contribution in [3.63, 3.8) is 0 Å². The maximum Gasteiger partial charge on any atom is 0.376 e. The van der Waals surface area contributed by atoms with Gasteiger partial charge in [0.1, 0.15) is 0 Å². The molecule has 9 heteroatoms. The van der Waals surface area contributed by atoms with Crippen LogP contribution in [0.3, 0.4) is 0 Å². The van der Waals surface area contributed by atoms with Gasteiger partial charge in [0.05, 0.1) is 0 Å². The van der Waals surface area contributed by atoms with Crippen LogP contribution in [0.25, 0.3) is 0 Å².